The van der Waals surface area contributed by atoms with Crippen LogP contribution in [0.4, 0.5) is 0 Å². The van der Waals surface area contributed by atoms with Crippen LogP contribution >= 0.6 is 0 Å². The molecule has 3 nitrogen and oxygen atoms in total. The van der Waals surface area contributed by atoms with Crippen LogP contribution in [0.3, 0.4) is 0 Å². The number of imidazole rings is 1. The Labute approximate surface area is 73.8 Å². The summed E-state index contributed by atoms with van der Waals surface area (Å²) in [4.78, 5) is 4.02. The van der Waals surface area contributed by atoms with Gasteiger partial charge in [0.2, 0.25) is 0 Å². The van der Waals surface area contributed by atoms with Crippen LogP contribution in [0, 0.1) is 0 Å². The summed E-state index contributed by atoms with van der Waals surface area (Å²) in [6.45, 7) is 5.41. The van der Waals surface area contributed by atoms with Gasteiger partial charge in [0.1, 0.15) is 0 Å². The van der Waals surface area contributed by atoms with E-state index in [1.165, 1.54) is 6.42 Å². The highest BCUT2D eigenvalue weighted by molar-refractivity contribution is 4.78. The summed E-state index contributed by atoms with van der Waals surface area (Å²) in [6, 6.07) is 0. The number of hydrogen-bond donors (Lipinski definition) is 1. The standard InChI is InChI=1S/C9H17N3/c1-3-5-11-9(4-2)12-7-6-10-8-12/h6-9,11H,3-5H2,1-2H3. The summed E-state index contributed by atoms with van der Waals surface area (Å²) in [5.41, 5.74) is 0. The van der Waals surface area contributed by atoms with Crippen LogP contribution in [0.2, 0.25) is 0 Å². The Balaban J connectivity index is 2.45. The summed E-state index contributed by atoms with van der Waals surface area (Å²) >= 11 is 0. The molecule has 0 aliphatic rings. The molecule has 1 unspecified atom stereocenters. The largest absolute Gasteiger partial charge is 0.321 e. The van der Waals surface area contributed by atoms with Crippen LogP contribution in [0.1, 0.15) is 32.9 Å². The molecule has 0 saturated heterocycles. The zero-order chi connectivity index (χ0) is 8.81. The first-order chi connectivity index (χ1) is 5.88. The molecule has 1 rings (SSSR count). The number of nitrogens with one attached hydrogen (secondary N) is 1. The monoisotopic (exact) mass is 167 g/mol. The van der Waals surface area contributed by atoms with E-state index in [1.807, 2.05) is 18.7 Å². The Morgan fingerprint density at radius 1 is 1.50 bits per heavy atom. The van der Waals surface area contributed by atoms with Crippen molar-refractivity contribution in [3.05, 3.63) is 18.7 Å². The van der Waals surface area contributed by atoms with Crippen LogP contribution in [0.25, 0.3) is 0 Å². The Morgan fingerprint density at radius 2 is 2.33 bits per heavy atom. The Morgan fingerprint density at radius 3 is 2.83 bits per heavy atom. The summed E-state index contributed by atoms with van der Waals surface area (Å²) < 4.78 is 2.11. The lowest BCUT2D eigenvalue weighted by Crippen LogP contribution is -2.25. The van der Waals surface area contributed by atoms with E-state index in [4.69, 9.17) is 0 Å². The summed E-state index contributed by atoms with van der Waals surface area (Å²) in [6.07, 6.45) is 8.35. The van der Waals surface area contributed by atoms with Gasteiger partial charge >= 0.3 is 0 Å². The molecule has 0 aliphatic carbocycles. The van der Waals surface area contributed by atoms with Crippen LogP contribution in [-0.2, 0) is 0 Å². The molecule has 0 fully saturated rings. The summed E-state index contributed by atoms with van der Waals surface area (Å²) in [7, 11) is 0. The van der Waals surface area contributed by atoms with Gasteiger partial charge in [-0.25, -0.2) is 4.98 Å². The molecule has 0 saturated carbocycles. The van der Waals surface area contributed by atoms with Gasteiger partial charge in [-0.3, -0.25) is 5.32 Å². The Bertz CT molecular complexity index is 194. The normalized spacial score (nSPS) is 13.2. The van der Waals surface area contributed by atoms with Gasteiger partial charge < -0.3 is 4.57 Å². The van der Waals surface area contributed by atoms with Gasteiger partial charge in [-0.05, 0) is 19.4 Å². The predicted octanol–water partition coefficient (Wildman–Crippen LogP) is 1.79. The molecule has 0 bridgehead atoms. The first-order valence-electron chi connectivity index (χ1n) is 4.59. The van der Waals surface area contributed by atoms with Crippen molar-refractivity contribution in [2.75, 3.05) is 6.54 Å². The third-order valence-electron chi connectivity index (χ3n) is 1.90. The van der Waals surface area contributed by atoms with E-state index in [1.54, 1.807) is 0 Å². The molecule has 0 spiro atoms. The maximum atomic E-state index is 4.02. The number of aromatic nitrogens is 2. The van der Waals surface area contributed by atoms with Crippen molar-refractivity contribution in [1.82, 2.24) is 14.9 Å². The molecule has 0 aliphatic heterocycles. The number of hydrogen-bond acceptors (Lipinski definition) is 2. The molecular weight excluding hydrogens is 150 g/mol. The molecular formula is C9H17N3. The molecule has 68 valence electrons. The zero-order valence-electron chi connectivity index (χ0n) is 7.83. The second-order valence-corrected chi connectivity index (χ2v) is 2.89. The first kappa shape index (κ1) is 9.26. The molecule has 1 heterocycles. The van der Waals surface area contributed by atoms with Crippen molar-refractivity contribution in [2.45, 2.75) is 32.9 Å². The minimum Gasteiger partial charge on any atom is -0.321 e. The van der Waals surface area contributed by atoms with Crippen LogP contribution in [-0.4, -0.2) is 16.1 Å². The molecule has 1 atom stereocenters. The van der Waals surface area contributed by atoms with Crippen molar-refractivity contribution in [3.63, 3.8) is 0 Å². The van der Waals surface area contributed by atoms with Gasteiger partial charge in [-0.1, -0.05) is 13.8 Å². The first-order valence-corrected chi connectivity index (χ1v) is 4.59. The van der Waals surface area contributed by atoms with E-state index in [0.29, 0.717) is 6.17 Å². The number of rotatable bonds is 5. The SMILES string of the molecule is CCCNC(CC)n1ccnc1. The Kier molecular flexibility index (Phi) is 3.80. The van der Waals surface area contributed by atoms with Gasteiger partial charge in [0.25, 0.3) is 0 Å². The van der Waals surface area contributed by atoms with Crippen LogP contribution < -0.4 is 5.32 Å². The van der Waals surface area contributed by atoms with Crippen LogP contribution in [0.5, 0.6) is 0 Å². The topological polar surface area (TPSA) is 29.9 Å². The van der Waals surface area contributed by atoms with E-state index < -0.39 is 0 Å². The van der Waals surface area contributed by atoms with Crippen LogP contribution in [0.15, 0.2) is 18.7 Å². The quantitative estimate of drug-likeness (QED) is 0.724. The number of nitrogens with zero attached hydrogens (tertiary/aromatic N) is 2. The maximum Gasteiger partial charge on any atom is 0.0959 e. The Hall–Kier alpha value is -0.830. The highest BCUT2D eigenvalue weighted by Gasteiger charge is 2.04. The second-order valence-electron chi connectivity index (χ2n) is 2.89. The van der Waals surface area contributed by atoms with Crippen molar-refractivity contribution in [3.8, 4) is 0 Å². The predicted molar refractivity (Wildman–Crippen MR) is 49.8 cm³/mol. The lowest BCUT2D eigenvalue weighted by Gasteiger charge is -2.17. The molecule has 0 radical (unpaired) electrons. The molecule has 1 N–H and O–H groups in total. The fraction of sp³-hybridized carbons (Fsp3) is 0.667. The van der Waals surface area contributed by atoms with Crippen molar-refractivity contribution in [1.29, 1.82) is 0 Å². The van der Waals surface area contributed by atoms with Crippen molar-refractivity contribution in [2.24, 2.45) is 0 Å². The highest BCUT2D eigenvalue weighted by Crippen LogP contribution is 2.05. The van der Waals surface area contributed by atoms with Gasteiger partial charge in [0.15, 0.2) is 0 Å². The fourth-order valence-electron chi connectivity index (χ4n) is 1.23. The molecule has 1 aromatic heterocycles. The third kappa shape index (κ3) is 2.34. The second kappa shape index (κ2) is 4.93. The van der Waals surface area contributed by atoms with E-state index >= 15 is 0 Å². The average Bonchev–Trinajstić information content (AvgIpc) is 2.59. The van der Waals surface area contributed by atoms with E-state index in [2.05, 4.69) is 28.7 Å². The van der Waals surface area contributed by atoms with E-state index in [9.17, 15) is 0 Å². The molecule has 0 aromatic carbocycles. The molecule has 0 amide bonds. The molecule has 12 heavy (non-hydrogen) atoms. The minimum absolute atomic E-state index is 0.410. The van der Waals surface area contributed by atoms with Gasteiger partial charge in [0.05, 0.1) is 12.5 Å². The zero-order valence-corrected chi connectivity index (χ0v) is 7.83. The highest BCUT2D eigenvalue weighted by atomic mass is 15.2. The smallest absolute Gasteiger partial charge is 0.0959 e. The van der Waals surface area contributed by atoms with Gasteiger partial charge in [-0.2, -0.15) is 0 Å². The average molecular weight is 167 g/mol. The van der Waals surface area contributed by atoms with E-state index in [0.717, 1.165) is 13.0 Å². The third-order valence-corrected chi connectivity index (χ3v) is 1.90. The fourth-order valence-corrected chi connectivity index (χ4v) is 1.23. The summed E-state index contributed by atoms with van der Waals surface area (Å²) in [5.74, 6) is 0. The van der Waals surface area contributed by atoms with E-state index in [-0.39, 0.29) is 0 Å². The van der Waals surface area contributed by atoms with Gasteiger partial charge in [0, 0.05) is 12.4 Å². The molecule has 1 aromatic rings. The van der Waals surface area contributed by atoms with Gasteiger partial charge in [-0.15, -0.1) is 0 Å². The minimum atomic E-state index is 0.410. The maximum absolute atomic E-state index is 4.02. The lowest BCUT2D eigenvalue weighted by molar-refractivity contribution is 0.392. The van der Waals surface area contributed by atoms with Crippen molar-refractivity contribution >= 4 is 0 Å². The lowest BCUT2D eigenvalue weighted by atomic mass is 10.3. The molecule has 3 heteroatoms. The summed E-state index contributed by atoms with van der Waals surface area (Å²) in [5, 5.41) is 3.44. The van der Waals surface area contributed by atoms with Crippen molar-refractivity contribution < 1.29 is 0 Å².